The van der Waals surface area contributed by atoms with Gasteiger partial charge in [-0.05, 0) is 50.8 Å². The van der Waals surface area contributed by atoms with Gasteiger partial charge in [0.15, 0.2) is 0 Å². The number of fused-ring (bicyclic) bond motifs is 3. The third kappa shape index (κ3) is 3.50. The van der Waals surface area contributed by atoms with Crippen molar-refractivity contribution in [3.8, 4) is 0 Å². The third-order valence-corrected chi connectivity index (χ3v) is 6.64. The summed E-state index contributed by atoms with van der Waals surface area (Å²) in [5.41, 5.74) is 2.69. The lowest BCUT2D eigenvalue weighted by Crippen LogP contribution is -2.29. The number of alkyl halides is 2. The van der Waals surface area contributed by atoms with E-state index in [9.17, 15) is 8.78 Å². The molecule has 0 amide bonds. The fourth-order valence-corrected chi connectivity index (χ4v) is 5.10. The van der Waals surface area contributed by atoms with Crippen molar-refractivity contribution in [1.82, 2.24) is 14.5 Å². The van der Waals surface area contributed by atoms with Crippen LogP contribution in [0.2, 0.25) is 5.02 Å². The molecular formula is C22H24ClF2N3O. The average molecular weight is 420 g/mol. The molecule has 2 fully saturated rings. The van der Waals surface area contributed by atoms with E-state index in [-0.39, 0.29) is 30.9 Å². The van der Waals surface area contributed by atoms with Crippen LogP contribution in [0, 0.1) is 0 Å². The van der Waals surface area contributed by atoms with Gasteiger partial charge in [0, 0.05) is 41.8 Å². The highest BCUT2D eigenvalue weighted by atomic mass is 35.5. The zero-order valence-corrected chi connectivity index (χ0v) is 17.1. The average Bonchev–Trinajstić information content (AvgIpc) is 3.08. The SMILES string of the molecule is C[C@@H]1CC(n2c(C3CCC(F)(F)CC3)nc3cnc4ccc(Cl)cc4c32)CCO1. The first-order valence-electron chi connectivity index (χ1n) is 10.4. The molecule has 0 radical (unpaired) electrons. The van der Waals surface area contributed by atoms with Gasteiger partial charge in [-0.3, -0.25) is 4.98 Å². The van der Waals surface area contributed by atoms with E-state index < -0.39 is 5.92 Å². The highest BCUT2D eigenvalue weighted by Gasteiger charge is 2.38. The number of rotatable bonds is 2. The molecule has 1 unspecified atom stereocenters. The number of benzene rings is 1. The Hall–Kier alpha value is -1.79. The fraction of sp³-hybridized carbons (Fsp3) is 0.545. The molecule has 1 saturated heterocycles. The predicted octanol–water partition coefficient (Wildman–Crippen LogP) is 6.27. The van der Waals surface area contributed by atoms with Crippen molar-refractivity contribution in [3.63, 3.8) is 0 Å². The minimum atomic E-state index is -2.55. The number of nitrogens with zero attached hydrogens (tertiary/aromatic N) is 3. The molecular weight excluding hydrogens is 396 g/mol. The number of imidazole rings is 1. The van der Waals surface area contributed by atoms with Crippen LogP contribution in [0.4, 0.5) is 8.78 Å². The van der Waals surface area contributed by atoms with Crippen molar-refractivity contribution in [3.05, 3.63) is 35.2 Å². The number of halogens is 3. The summed E-state index contributed by atoms with van der Waals surface area (Å²) in [6, 6.07) is 5.92. The molecule has 0 bridgehead atoms. The van der Waals surface area contributed by atoms with Crippen LogP contribution in [-0.2, 0) is 4.74 Å². The topological polar surface area (TPSA) is 39.9 Å². The molecule has 3 aromatic rings. The summed E-state index contributed by atoms with van der Waals surface area (Å²) in [7, 11) is 0. The van der Waals surface area contributed by atoms with E-state index in [4.69, 9.17) is 21.3 Å². The Morgan fingerprint density at radius 3 is 2.72 bits per heavy atom. The molecule has 2 aliphatic rings. The van der Waals surface area contributed by atoms with Gasteiger partial charge in [0.1, 0.15) is 11.3 Å². The van der Waals surface area contributed by atoms with Gasteiger partial charge in [-0.2, -0.15) is 0 Å². The lowest BCUT2D eigenvalue weighted by atomic mass is 9.86. The van der Waals surface area contributed by atoms with Crippen LogP contribution in [0.3, 0.4) is 0 Å². The van der Waals surface area contributed by atoms with Gasteiger partial charge in [0.05, 0.1) is 23.3 Å². The molecule has 1 saturated carbocycles. The van der Waals surface area contributed by atoms with E-state index in [1.54, 1.807) is 6.20 Å². The van der Waals surface area contributed by atoms with E-state index in [1.165, 1.54) is 0 Å². The van der Waals surface area contributed by atoms with Crippen LogP contribution in [0.25, 0.3) is 21.9 Å². The van der Waals surface area contributed by atoms with E-state index in [0.29, 0.717) is 24.5 Å². The number of hydrogen-bond acceptors (Lipinski definition) is 3. The predicted molar refractivity (Wildman–Crippen MR) is 110 cm³/mol. The number of hydrogen-bond donors (Lipinski definition) is 0. The van der Waals surface area contributed by atoms with E-state index in [0.717, 1.165) is 40.6 Å². The van der Waals surface area contributed by atoms with Crippen molar-refractivity contribution < 1.29 is 13.5 Å². The van der Waals surface area contributed by atoms with Crippen LogP contribution in [0.1, 0.15) is 63.2 Å². The van der Waals surface area contributed by atoms with Gasteiger partial charge in [-0.25, -0.2) is 13.8 Å². The summed E-state index contributed by atoms with van der Waals surface area (Å²) in [4.78, 5) is 9.49. The van der Waals surface area contributed by atoms with Crippen molar-refractivity contribution >= 4 is 33.5 Å². The van der Waals surface area contributed by atoms with Crippen molar-refractivity contribution in [2.45, 2.75) is 69.4 Å². The second-order valence-corrected chi connectivity index (χ2v) is 8.92. The van der Waals surface area contributed by atoms with Crippen LogP contribution >= 0.6 is 11.6 Å². The monoisotopic (exact) mass is 419 g/mol. The van der Waals surface area contributed by atoms with Crippen LogP contribution in [0.5, 0.6) is 0 Å². The summed E-state index contributed by atoms with van der Waals surface area (Å²) in [6.07, 6.45) is 4.49. The molecule has 1 aliphatic carbocycles. The van der Waals surface area contributed by atoms with Gasteiger partial charge in [-0.1, -0.05) is 11.6 Å². The van der Waals surface area contributed by atoms with Crippen molar-refractivity contribution in [2.24, 2.45) is 0 Å². The Morgan fingerprint density at radius 1 is 1.17 bits per heavy atom. The molecule has 1 aromatic carbocycles. The van der Waals surface area contributed by atoms with Crippen LogP contribution in [-0.4, -0.2) is 33.2 Å². The smallest absolute Gasteiger partial charge is 0.248 e. The first kappa shape index (κ1) is 19.2. The molecule has 7 heteroatoms. The third-order valence-electron chi connectivity index (χ3n) is 6.41. The minimum Gasteiger partial charge on any atom is -0.378 e. The van der Waals surface area contributed by atoms with Gasteiger partial charge in [0.2, 0.25) is 5.92 Å². The Balaban J connectivity index is 1.70. The Morgan fingerprint density at radius 2 is 1.97 bits per heavy atom. The van der Waals surface area contributed by atoms with Crippen LogP contribution in [0.15, 0.2) is 24.4 Å². The first-order chi connectivity index (χ1) is 13.9. The van der Waals surface area contributed by atoms with Crippen molar-refractivity contribution in [1.29, 1.82) is 0 Å². The summed E-state index contributed by atoms with van der Waals surface area (Å²) in [6.45, 7) is 2.78. The molecule has 1 aliphatic heterocycles. The lowest BCUT2D eigenvalue weighted by Gasteiger charge is -2.33. The Labute approximate surface area is 173 Å². The van der Waals surface area contributed by atoms with Gasteiger partial charge in [-0.15, -0.1) is 0 Å². The fourth-order valence-electron chi connectivity index (χ4n) is 4.93. The normalized spacial score (nSPS) is 25.7. The Bertz CT molecular complexity index is 1060. The molecule has 2 aromatic heterocycles. The molecule has 29 heavy (non-hydrogen) atoms. The molecule has 2 atom stereocenters. The molecule has 4 nitrogen and oxygen atoms in total. The zero-order valence-electron chi connectivity index (χ0n) is 16.4. The second-order valence-electron chi connectivity index (χ2n) is 8.48. The lowest BCUT2D eigenvalue weighted by molar-refractivity contribution is -0.0393. The van der Waals surface area contributed by atoms with Gasteiger partial charge in [0.25, 0.3) is 0 Å². The molecule has 0 N–H and O–H groups in total. The molecule has 154 valence electrons. The number of pyridine rings is 1. The van der Waals surface area contributed by atoms with Crippen LogP contribution < -0.4 is 0 Å². The maximum atomic E-state index is 13.8. The highest BCUT2D eigenvalue weighted by molar-refractivity contribution is 6.31. The molecule has 0 spiro atoms. The number of ether oxygens (including phenoxy) is 1. The zero-order chi connectivity index (χ0) is 20.2. The Kier molecular flexibility index (Phi) is 4.74. The summed E-state index contributed by atoms with van der Waals surface area (Å²) in [5, 5.41) is 1.62. The van der Waals surface area contributed by atoms with E-state index in [2.05, 4.69) is 16.5 Å². The van der Waals surface area contributed by atoms with E-state index >= 15 is 0 Å². The summed E-state index contributed by atoms with van der Waals surface area (Å²) >= 11 is 6.31. The summed E-state index contributed by atoms with van der Waals surface area (Å²) in [5.74, 6) is -1.60. The summed E-state index contributed by atoms with van der Waals surface area (Å²) < 4.78 is 35.7. The maximum Gasteiger partial charge on any atom is 0.248 e. The van der Waals surface area contributed by atoms with E-state index in [1.807, 2.05) is 18.2 Å². The molecule has 5 rings (SSSR count). The second kappa shape index (κ2) is 7.17. The van der Waals surface area contributed by atoms with Gasteiger partial charge >= 0.3 is 0 Å². The number of aromatic nitrogens is 3. The minimum absolute atomic E-state index is 0.0365. The quantitative estimate of drug-likeness (QED) is 0.491. The first-order valence-corrected chi connectivity index (χ1v) is 10.7. The molecule has 3 heterocycles. The maximum absolute atomic E-state index is 13.8. The van der Waals surface area contributed by atoms with Crippen molar-refractivity contribution in [2.75, 3.05) is 6.61 Å². The largest absolute Gasteiger partial charge is 0.378 e. The van der Waals surface area contributed by atoms with Gasteiger partial charge < -0.3 is 9.30 Å². The highest BCUT2D eigenvalue weighted by Crippen LogP contribution is 2.43. The standard InChI is InChI=1S/C22H24ClF2N3O/c1-13-10-16(6-9-29-13)28-20-17-11-15(23)2-3-18(17)26-12-19(20)27-21(28)14-4-7-22(24,25)8-5-14/h2-3,11-14,16H,4-10H2,1H3/t13-,16?/m1/s1.